The van der Waals surface area contributed by atoms with E-state index in [0.29, 0.717) is 6.54 Å². The Hall–Kier alpha value is -2.11. The molecule has 0 bridgehead atoms. The van der Waals surface area contributed by atoms with Crippen LogP contribution in [0.15, 0.2) is 30.9 Å². The van der Waals surface area contributed by atoms with Gasteiger partial charge in [0.15, 0.2) is 0 Å². The smallest absolute Gasteiger partial charge is 0.228 e. The van der Waals surface area contributed by atoms with Gasteiger partial charge in [-0.2, -0.15) is 5.10 Å². The second-order valence-electron chi connectivity index (χ2n) is 6.58. The zero-order chi connectivity index (χ0) is 15.7. The first-order chi connectivity index (χ1) is 10.5. The topological polar surface area (TPSA) is 64.7 Å². The summed E-state index contributed by atoms with van der Waals surface area (Å²) in [5.74, 6) is 1.30. The van der Waals surface area contributed by atoms with E-state index in [2.05, 4.69) is 29.2 Å². The van der Waals surface area contributed by atoms with E-state index in [-0.39, 0.29) is 23.3 Å². The monoisotopic (exact) mass is 301 g/mol. The van der Waals surface area contributed by atoms with Crippen molar-refractivity contribution in [1.82, 2.24) is 24.6 Å². The van der Waals surface area contributed by atoms with Crippen molar-refractivity contribution in [2.45, 2.75) is 39.3 Å². The minimum Gasteiger partial charge on any atom is -0.345 e. The highest BCUT2D eigenvalue weighted by atomic mass is 16.2. The predicted molar refractivity (Wildman–Crippen MR) is 82.8 cm³/mol. The molecule has 1 unspecified atom stereocenters. The van der Waals surface area contributed by atoms with Crippen molar-refractivity contribution >= 4 is 5.91 Å². The SMILES string of the molecule is CC(C)C(NC(=O)C1(Cn2cccn2)CC1)c1nccn1C. The molecule has 2 aromatic heterocycles. The second kappa shape index (κ2) is 5.59. The summed E-state index contributed by atoms with van der Waals surface area (Å²) in [5, 5.41) is 7.43. The number of carbonyl (C=O) groups is 1. The molecular formula is C16H23N5O. The fraction of sp³-hybridized carbons (Fsp3) is 0.562. The van der Waals surface area contributed by atoms with Crippen LogP contribution in [0.2, 0.25) is 0 Å². The van der Waals surface area contributed by atoms with Gasteiger partial charge in [0, 0.05) is 31.8 Å². The van der Waals surface area contributed by atoms with Crippen molar-refractivity contribution in [2.75, 3.05) is 0 Å². The minimum atomic E-state index is -0.301. The van der Waals surface area contributed by atoms with Gasteiger partial charge in [-0.15, -0.1) is 0 Å². The zero-order valence-corrected chi connectivity index (χ0v) is 13.4. The molecule has 0 saturated heterocycles. The number of amides is 1. The first kappa shape index (κ1) is 14.8. The van der Waals surface area contributed by atoms with Crippen molar-refractivity contribution in [3.63, 3.8) is 0 Å². The Kier molecular flexibility index (Phi) is 3.76. The van der Waals surface area contributed by atoms with Crippen molar-refractivity contribution < 1.29 is 4.79 Å². The van der Waals surface area contributed by atoms with E-state index in [1.165, 1.54) is 0 Å². The highest BCUT2D eigenvalue weighted by Gasteiger charge is 2.51. The van der Waals surface area contributed by atoms with E-state index < -0.39 is 0 Å². The number of hydrogen-bond acceptors (Lipinski definition) is 3. The third kappa shape index (κ3) is 2.77. The maximum Gasteiger partial charge on any atom is 0.228 e. The molecule has 1 N–H and O–H groups in total. The molecule has 118 valence electrons. The Morgan fingerprint density at radius 3 is 2.64 bits per heavy atom. The molecule has 2 heterocycles. The van der Waals surface area contributed by atoms with Crippen molar-refractivity contribution in [3.05, 3.63) is 36.7 Å². The van der Waals surface area contributed by atoms with Crippen LogP contribution in [0.4, 0.5) is 0 Å². The molecule has 3 rings (SSSR count). The van der Waals surface area contributed by atoms with Crippen LogP contribution in [0.5, 0.6) is 0 Å². The molecule has 6 nitrogen and oxygen atoms in total. The number of hydrogen-bond donors (Lipinski definition) is 1. The number of aryl methyl sites for hydroxylation is 1. The summed E-state index contributed by atoms with van der Waals surface area (Å²) in [6, 6.07) is 1.82. The molecule has 0 spiro atoms. The van der Waals surface area contributed by atoms with Crippen LogP contribution in [-0.2, 0) is 18.4 Å². The summed E-state index contributed by atoms with van der Waals surface area (Å²) in [5.41, 5.74) is -0.301. The Morgan fingerprint density at radius 2 is 2.14 bits per heavy atom. The molecular weight excluding hydrogens is 278 g/mol. The summed E-state index contributed by atoms with van der Waals surface area (Å²) in [4.78, 5) is 17.2. The van der Waals surface area contributed by atoms with Gasteiger partial charge in [0.1, 0.15) is 5.82 Å². The molecule has 0 radical (unpaired) electrons. The van der Waals surface area contributed by atoms with Gasteiger partial charge in [-0.3, -0.25) is 9.48 Å². The lowest BCUT2D eigenvalue weighted by atomic mass is 10.0. The van der Waals surface area contributed by atoms with E-state index in [9.17, 15) is 4.79 Å². The third-order valence-corrected chi connectivity index (χ3v) is 4.45. The van der Waals surface area contributed by atoms with E-state index in [1.807, 2.05) is 34.8 Å². The summed E-state index contributed by atoms with van der Waals surface area (Å²) >= 11 is 0. The molecule has 1 aliphatic carbocycles. The molecule has 1 aliphatic rings. The molecule has 1 saturated carbocycles. The quantitative estimate of drug-likeness (QED) is 0.886. The van der Waals surface area contributed by atoms with Crippen LogP contribution in [0.25, 0.3) is 0 Å². The van der Waals surface area contributed by atoms with Crippen LogP contribution in [-0.4, -0.2) is 25.2 Å². The standard InChI is InChI=1S/C16H23N5O/c1-12(2)13(14-17-8-10-20(14)3)19-15(22)16(5-6-16)11-21-9-4-7-18-21/h4,7-10,12-13H,5-6,11H2,1-3H3,(H,19,22). The molecule has 22 heavy (non-hydrogen) atoms. The Morgan fingerprint density at radius 1 is 1.36 bits per heavy atom. The lowest BCUT2D eigenvalue weighted by molar-refractivity contribution is -0.128. The van der Waals surface area contributed by atoms with Gasteiger partial charge in [-0.05, 0) is 24.8 Å². The first-order valence-corrected chi connectivity index (χ1v) is 7.77. The van der Waals surface area contributed by atoms with Gasteiger partial charge in [0.05, 0.1) is 18.0 Å². The van der Waals surface area contributed by atoms with Gasteiger partial charge in [0.2, 0.25) is 5.91 Å². The number of aromatic nitrogens is 4. The van der Waals surface area contributed by atoms with E-state index in [1.54, 1.807) is 12.4 Å². The van der Waals surface area contributed by atoms with Gasteiger partial charge >= 0.3 is 0 Å². The zero-order valence-electron chi connectivity index (χ0n) is 13.4. The lowest BCUT2D eigenvalue weighted by Crippen LogP contribution is -2.40. The summed E-state index contributed by atoms with van der Waals surface area (Å²) in [7, 11) is 1.96. The van der Waals surface area contributed by atoms with Crippen LogP contribution in [0.1, 0.15) is 38.6 Å². The molecule has 0 aromatic carbocycles. The molecule has 6 heteroatoms. The average molecular weight is 301 g/mol. The first-order valence-electron chi connectivity index (χ1n) is 7.77. The normalized spacial score (nSPS) is 17.5. The average Bonchev–Trinajstić information content (AvgIpc) is 2.87. The highest BCUT2D eigenvalue weighted by Crippen LogP contribution is 2.47. The van der Waals surface area contributed by atoms with E-state index in [0.717, 1.165) is 18.7 Å². The fourth-order valence-corrected chi connectivity index (χ4v) is 2.81. The van der Waals surface area contributed by atoms with Gasteiger partial charge in [-0.1, -0.05) is 13.8 Å². The van der Waals surface area contributed by atoms with Crippen molar-refractivity contribution in [1.29, 1.82) is 0 Å². The van der Waals surface area contributed by atoms with Crippen LogP contribution < -0.4 is 5.32 Å². The predicted octanol–water partition coefficient (Wildman–Crippen LogP) is 1.91. The maximum absolute atomic E-state index is 12.8. The van der Waals surface area contributed by atoms with Crippen LogP contribution in [0.3, 0.4) is 0 Å². The minimum absolute atomic E-state index is 0.0670. The van der Waals surface area contributed by atoms with Crippen molar-refractivity contribution in [2.24, 2.45) is 18.4 Å². The summed E-state index contributed by atoms with van der Waals surface area (Å²) < 4.78 is 3.82. The number of rotatable bonds is 6. The fourth-order valence-electron chi connectivity index (χ4n) is 2.81. The lowest BCUT2D eigenvalue weighted by Gasteiger charge is -2.25. The molecule has 1 amide bonds. The molecule has 0 aliphatic heterocycles. The van der Waals surface area contributed by atoms with Crippen molar-refractivity contribution in [3.8, 4) is 0 Å². The maximum atomic E-state index is 12.8. The Bertz CT molecular complexity index is 639. The second-order valence-corrected chi connectivity index (χ2v) is 6.58. The largest absolute Gasteiger partial charge is 0.345 e. The molecule has 1 atom stereocenters. The van der Waals surface area contributed by atoms with Crippen LogP contribution in [0, 0.1) is 11.3 Å². The van der Waals surface area contributed by atoms with Gasteiger partial charge in [0.25, 0.3) is 0 Å². The van der Waals surface area contributed by atoms with E-state index in [4.69, 9.17) is 0 Å². The molecule has 1 fully saturated rings. The summed E-state index contributed by atoms with van der Waals surface area (Å²) in [6.07, 6.45) is 9.18. The Balaban J connectivity index is 1.73. The number of nitrogens with one attached hydrogen (secondary N) is 1. The number of imidazole rings is 1. The number of carbonyl (C=O) groups excluding carboxylic acids is 1. The highest BCUT2D eigenvalue weighted by molar-refractivity contribution is 5.85. The van der Waals surface area contributed by atoms with Gasteiger partial charge < -0.3 is 9.88 Å². The number of nitrogens with zero attached hydrogens (tertiary/aromatic N) is 4. The third-order valence-electron chi connectivity index (χ3n) is 4.45. The molecule has 2 aromatic rings. The van der Waals surface area contributed by atoms with Crippen LogP contribution >= 0.6 is 0 Å². The van der Waals surface area contributed by atoms with Gasteiger partial charge in [-0.25, -0.2) is 4.98 Å². The summed E-state index contributed by atoms with van der Waals surface area (Å²) in [6.45, 7) is 4.86. The Labute approximate surface area is 130 Å². The van der Waals surface area contributed by atoms with E-state index >= 15 is 0 Å².